The molecule has 5 nitrogen and oxygen atoms in total. The summed E-state index contributed by atoms with van der Waals surface area (Å²) in [7, 11) is 0. The molecule has 0 bridgehead atoms. The number of hydrogen-bond acceptors (Lipinski definition) is 4. The second-order valence-electron chi connectivity index (χ2n) is 8.32. The van der Waals surface area contributed by atoms with Crippen LogP contribution in [0.4, 0.5) is 0 Å². The number of amides is 2. The van der Waals surface area contributed by atoms with Crippen LogP contribution in [0.25, 0.3) is 0 Å². The lowest BCUT2D eigenvalue weighted by Gasteiger charge is -2.16. The quantitative estimate of drug-likeness (QED) is 0.134. The lowest BCUT2D eigenvalue weighted by molar-refractivity contribution is -0.138. The van der Waals surface area contributed by atoms with E-state index in [-0.39, 0.29) is 30.6 Å². The van der Waals surface area contributed by atoms with Crippen molar-refractivity contribution in [1.29, 1.82) is 0 Å². The van der Waals surface area contributed by atoms with Crippen LogP contribution in [-0.4, -0.2) is 50.5 Å². The number of hydrogen-bond donors (Lipinski definition) is 1. The number of aliphatic hydroxyl groups excluding tert-OH is 1. The predicted molar refractivity (Wildman–Crippen MR) is 125 cm³/mol. The molecule has 2 unspecified atom stereocenters. The fourth-order valence-electron chi connectivity index (χ4n) is 3.84. The molecule has 1 fully saturated rings. The van der Waals surface area contributed by atoms with Crippen molar-refractivity contribution in [2.45, 2.75) is 108 Å². The van der Waals surface area contributed by atoms with E-state index in [0.29, 0.717) is 6.54 Å². The maximum atomic E-state index is 12.2. The number of nitrogens with zero attached hydrogens (tertiary/aromatic N) is 1. The third-order valence-corrected chi connectivity index (χ3v) is 7.29. The average molecular weight is 442 g/mol. The molecule has 0 aromatic rings. The van der Waals surface area contributed by atoms with Crippen molar-refractivity contribution in [3.63, 3.8) is 0 Å². The molecule has 1 saturated heterocycles. The van der Waals surface area contributed by atoms with E-state index < -0.39 is 16.4 Å². The summed E-state index contributed by atoms with van der Waals surface area (Å²) in [6.45, 7) is 2.47. The Balaban J connectivity index is 1.95. The molecule has 1 aliphatic rings. The number of carbonyl (C=O) groups is 2. The highest BCUT2D eigenvalue weighted by molar-refractivity contribution is 7.92. The zero-order valence-electron chi connectivity index (χ0n) is 19.0. The summed E-state index contributed by atoms with van der Waals surface area (Å²) >= 11 is -1.45. The highest BCUT2D eigenvalue weighted by Gasteiger charge is 2.45. The van der Waals surface area contributed by atoms with E-state index in [9.17, 15) is 14.1 Å². The van der Waals surface area contributed by atoms with E-state index in [1.807, 2.05) is 0 Å². The Kier molecular flexibility index (Phi) is 16.1. The first-order chi connectivity index (χ1) is 14.6. The number of allylic oxidation sites excluding steroid dienone is 2. The Morgan fingerprint density at radius 2 is 1.47 bits per heavy atom. The Morgan fingerprint density at radius 1 is 0.933 bits per heavy atom. The summed E-state index contributed by atoms with van der Waals surface area (Å²) in [6, 6.07) is 0. The summed E-state index contributed by atoms with van der Waals surface area (Å²) in [4.78, 5) is 25.5. The first-order valence-electron chi connectivity index (χ1n) is 12.1. The van der Waals surface area contributed by atoms with Gasteiger partial charge in [-0.25, -0.2) is 0 Å². The third kappa shape index (κ3) is 11.5. The van der Waals surface area contributed by atoms with Crippen molar-refractivity contribution in [2.24, 2.45) is 0 Å². The van der Waals surface area contributed by atoms with E-state index >= 15 is 0 Å². The minimum absolute atomic E-state index is 0.0256. The van der Waals surface area contributed by atoms with Gasteiger partial charge in [-0.15, -0.1) is 0 Å². The van der Waals surface area contributed by atoms with E-state index in [0.717, 1.165) is 19.3 Å². The Hall–Kier alpha value is -0.850. The minimum atomic E-state index is -1.45. The van der Waals surface area contributed by atoms with Crippen LogP contribution in [0.2, 0.25) is 0 Å². The molecule has 1 heterocycles. The predicted octanol–water partition coefficient (Wildman–Crippen LogP) is 4.89. The zero-order chi connectivity index (χ0) is 22.0. The number of aliphatic hydroxyl groups is 1. The molecule has 1 aliphatic heterocycles. The van der Waals surface area contributed by atoms with Crippen LogP contribution in [0, 0.1) is 0 Å². The van der Waals surface area contributed by atoms with Gasteiger partial charge in [-0.2, -0.15) is 0 Å². The summed E-state index contributed by atoms with van der Waals surface area (Å²) in [5.41, 5.74) is 0. The summed E-state index contributed by atoms with van der Waals surface area (Å²) in [5.74, 6) is -0.477. The van der Waals surface area contributed by atoms with Gasteiger partial charge in [-0.05, 0) is 43.3 Å². The van der Waals surface area contributed by atoms with Gasteiger partial charge in [0.15, 0.2) is 0 Å². The molecule has 0 aromatic carbocycles. The van der Waals surface area contributed by atoms with Gasteiger partial charge in [-0.3, -0.25) is 14.5 Å². The number of unbranched alkanes of at least 4 members (excludes halogenated alkanes) is 12. The van der Waals surface area contributed by atoms with Gasteiger partial charge >= 0.3 is 0 Å². The minimum Gasteiger partial charge on any atom is -0.616 e. The molecule has 0 saturated carbocycles. The van der Waals surface area contributed by atoms with Gasteiger partial charge in [0.1, 0.15) is 5.75 Å². The van der Waals surface area contributed by atoms with Gasteiger partial charge < -0.3 is 9.66 Å². The molecular formula is C24H43NO4S. The first-order valence-corrected chi connectivity index (χ1v) is 13.5. The normalized spacial score (nSPS) is 18.1. The SMILES string of the molecule is CCCCCCCC/C=C\CCCCCCCCN1C(=O)CC([S+]([O-])CCO)C1=O. The maximum absolute atomic E-state index is 12.2. The summed E-state index contributed by atoms with van der Waals surface area (Å²) in [6.07, 6.45) is 21.8. The summed E-state index contributed by atoms with van der Waals surface area (Å²) < 4.78 is 11.9. The molecule has 174 valence electrons. The first kappa shape index (κ1) is 27.2. The van der Waals surface area contributed by atoms with Crippen LogP contribution < -0.4 is 0 Å². The topological polar surface area (TPSA) is 80.7 Å². The van der Waals surface area contributed by atoms with Crippen LogP contribution in [0.15, 0.2) is 12.2 Å². The van der Waals surface area contributed by atoms with Crippen LogP contribution >= 0.6 is 0 Å². The molecule has 2 amide bonds. The Labute approximate surface area is 186 Å². The number of rotatable bonds is 19. The maximum Gasteiger partial charge on any atom is 0.282 e. The fourth-order valence-corrected chi connectivity index (χ4v) is 4.99. The molecule has 0 spiro atoms. The second-order valence-corrected chi connectivity index (χ2v) is 10.1. The van der Waals surface area contributed by atoms with Crippen LogP contribution in [0.1, 0.15) is 103 Å². The van der Waals surface area contributed by atoms with Gasteiger partial charge in [0, 0.05) is 6.54 Å². The second kappa shape index (κ2) is 17.8. The molecular weight excluding hydrogens is 398 g/mol. The molecule has 0 radical (unpaired) electrons. The molecule has 30 heavy (non-hydrogen) atoms. The molecule has 0 aliphatic carbocycles. The highest BCUT2D eigenvalue weighted by atomic mass is 32.2. The van der Waals surface area contributed by atoms with Crippen molar-refractivity contribution < 1.29 is 19.2 Å². The Morgan fingerprint density at radius 3 is 2.03 bits per heavy atom. The molecule has 6 heteroatoms. The van der Waals surface area contributed by atoms with Gasteiger partial charge in [0.25, 0.3) is 5.91 Å². The van der Waals surface area contributed by atoms with E-state index in [1.54, 1.807) is 0 Å². The van der Waals surface area contributed by atoms with Gasteiger partial charge in [0.05, 0.1) is 13.0 Å². The average Bonchev–Trinajstić information content (AvgIpc) is 3.01. The lowest BCUT2D eigenvalue weighted by Crippen LogP contribution is -2.37. The van der Waals surface area contributed by atoms with Crippen molar-refractivity contribution in [3.05, 3.63) is 12.2 Å². The van der Waals surface area contributed by atoms with Crippen molar-refractivity contribution in [3.8, 4) is 0 Å². The van der Waals surface area contributed by atoms with Crippen LogP contribution in [-0.2, 0) is 20.8 Å². The number of likely N-dealkylation sites (tertiary alicyclic amines) is 1. The van der Waals surface area contributed by atoms with E-state index in [1.165, 1.54) is 75.5 Å². The van der Waals surface area contributed by atoms with Gasteiger partial charge in [-0.1, -0.05) is 76.9 Å². The van der Waals surface area contributed by atoms with Crippen molar-refractivity contribution in [2.75, 3.05) is 18.9 Å². The lowest BCUT2D eigenvalue weighted by atomic mass is 10.1. The monoisotopic (exact) mass is 441 g/mol. The van der Waals surface area contributed by atoms with E-state index in [4.69, 9.17) is 5.11 Å². The fraction of sp³-hybridized carbons (Fsp3) is 0.833. The molecule has 2 atom stereocenters. The zero-order valence-corrected chi connectivity index (χ0v) is 19.8. The van der Waals surface area contributed by atoms with Crippen molar-refractivity contribution >= 4 is 23.0 Å². The Bertz CT molecular complexity index is 498. The molecule has 0 aromatic heterocycles. The molecule has 1 rings (SSSR count). The number of imide groups is 1. The highest BCUT2D eigenvalue weighted by Crippen LogP contribution is 2.21. The van der Waals surface area contributed by atoms with E-state index in [2.05, 4.69) is 19.1 Å². The molecule has 1 N–H and O–H groups in total. The van der Waals surface area contributed by atoms with Gasteiger partial charge in [0.2, 0.25) is 11.2 Å². The van der Waals surface area contributed by atoms with Crippen LogP contribution in [0.3, 0.4) is 0 Å². The number of carbonyl (C=O) groups excluding carboxylic acids is 2. The standard InChI is InChI=1S/C24H43NO4S/c1-2-3-4-5-6-7-8-9-10-11-12-13-14-15-16-17-18-25-23(27)21-22(24(25)28)30(29)20-19-26/h9-10,22,26H,2-8,11-21H2,1H3/b10-9-. The smallest absolute Gasteiger partial charge is 0.282 e. The summed E-state index contributed by atoms with van der Waals surface area (Å²) in [5, 5.41) is 8.12. The van der Waals surface area contributed by atoms with Crippen molar-refractivity contribution in [1.82, 2.24) is 4.90 Å². The largest absolute Gasteiger partial charge is 0.616 e. The van der Waals surface area contributed by atoms with Crippen LogP contribution in [0.5, 0.6) is 0 Å². The third-order valence-electron chi connectivity index (χ3n) is 5.71.